The summed E-state index contributed by atoms with van der Waals surface area (Å²) < 4.78 is 5.61. The molecule has 104 valence electrons. The number of aryl methyl sites for hydroxylation is 1. The smallest absolute Gasteiger partial charge is 0.311 e. The van der Waals surface area contributed by atoms with Gasteiger partial charge in [-0.15, -0.1) is 11.6 Å². The highest BCUT2D eigenvalue weighted by Crippen LogP contribution is 2.34. The van der Waals surface area contributed by atoms with E-state index < -0.39 is 4.92 Å². The molecule has 2 rings (SSSR count). The van der Waals surface area contributed by atoms with Gasteiger partial charge in [-0.2, -0.15) is 0 Å². The normalized spacial score (nSPS) is 10.3. The molecule has 0 aromatic heterocycles. The Hall–Kier alpha value is -1.78. The highest BCUT2D eigenvalue weighted by atomic mass is 35.5. The van der Waals surface area contributed by atoms with E-state index >= 15 is 0 Å². The number of hydrogen-bond donors (Lipinski definition) is 0. The van der Waals surface area contributed by atoms with Gasteiger partial charge in [-0.05, 0) is 42.3 Å². The first-order valence-electron chi connectivity index (χ1n) is 5.78. The summed E-state index contributed by atoms with van der Waals surface area (Å²) in [7, 11) is 0. The van der Waals surface area contributed by atoms with Crippen molar-refractivity contribution in [1.29, 1.82) is 0 Å². The molecule has 0 bridgehead atoms. The third-order valence-electron chi connectivity index (χ3n) is 2.73. The molecular weight excluding hydrogens is 301 g/mol. The third kappa shape index (κ3) is 3.21. The topological polar surface area (TPSA) is 52.4 Å². The molecule has 2 aromatic carbocycles. The van der Waals surface area contributed by atoms with E-state index in [-0.39, 0.29) is 17.3 Å². The summed E-state index contributed by atoms with van der Waals surface area (Å²) in [6.45, 7) is 1.82. The zero-order valence-electron chi connectivity index (χ0n) is 10.6. The number of nitro benzene ring substituents is 1. The lowest BCUT2D eigenvalue weighted by atomic mass is 10.2. The summed E-state index contributed by atoms with van der Waals surface area (Å²) in [6.07, 6.45) is 0. The van der Waals surface area contributed by atoms with Crippen LogP contribution < -0.4 is 4.74 Å². The molecule has 0 N–H and O–H groups in total. The zero-order chi connectivity index (χ0) is 14.7. The number of rotatable bonds is 4. The number of alkyl halides is 1. The summed E-state index contributed by atoms with van der Waals surface area (Å²) in [5.74, 6) is 0.909. The molecule has 0 saturated carbocycles. The molecule has 0 aliphatic heterocycles. The Labute approximate surface area is 126 Å². The van der Waals surface area contributed by atoms with Crippen molar-refractivity contribution in [1.82, 2.24) is 0 Å². The molecule has 0 aliphatic carbocycles. The Morgan fingerprint density at radius 2 is 1.90 bits per heavy atom. The van der Waals surface area contributed by atoms with Crippen molar-refractivity contribution >= 4 is 28.9 Å². The molecule has 6 heteroatoms. The molecule has 0 aliphatic rings. The van der Waals surface area contributed by atoms with Crippen molar-refractivity contribution in [3.05, 3.63) is 62.7 Å². The summed E-state index contributed by atoms with van der Waals surface area (Å²) in [4.78, 5) is 10.6. The minimum atomic E-state index is -0.489. The van der Waals surface area contributed by atoms with Crippen molar-refractivity contribution in [3.8, 4) is 11.5 Å². The first-order valence-corrected chi connectivity index (χ1v) is 6.70. The minimum absolute atomic E-state index is 0.113. The average molecular weight is 312 g/mol. The fraction of sp³-hybridized carbons (Fsp3) is 0.143. The van der Waals surface area contributed by atoms with E-state index in [0.717, 1.165) is 5.56 Å². The maximum Gasteiger partial charge on any atom is 0.311 e. The van der Waals surface area contributed by atoms with Gasteiger partial charge in [0.2, 0.25) is 5.75 Å². The lowest BCUT2D eigenvalue weighted by molar-refractivity contribution is -0.385. The fourth-order valence-corrected chi connectivity index (χ4v) is 2.11. The van der Waals surface area contributed by atoms with Crippen LogP contribution in [0, 0.1) is 17.0 Å². The first-order chi connectivity index (χ1) is 9.51. The van der Waals surface area contributed by atoms with Crippen LogP contribution in [0.2, 0.25) is 5.02 Å². The highest BCUT2D eigenvalue weighted by molar-refractivity contribution is 6.30. The van der Waals surface area contributed by atoms with Gasteiger partial charge in [-0.25, -0.2) is 0 Å². The predicted octanol–water partition coefficient (Wildman–Crippen LogP) is 5.09. The van der Waals surface area contributed by atoms with E-state index in [1.165, 1.54) is 6.07 Å². The molecule has 0 radical (unpaired) electrons. The summed E-state index contributed by atoms with van der Waals surface area (Å²) in [6, 6.07) is 9.73. The lowest BCUT2D eigenvalue weighted by Gasteiger charge is -2.09. The van der Waals surface area contributed by atoms with Gasteiger partial charge < -0.3 is 4.74 Å². The van der Waals surface area contributed by atoms with Crippen LogP contribution >= 0.6 is 23.2 Å². The maximum absolute atomic E-state index is 11.1. The van der Waals surface area contributed by atoms with Gasteiger partial charge in [0, 0.05) is 17.0 Å². The molecule has 0 heterocycles. The van der Waals surface area contributed by atoms with Gasteiger partial charge in [0.25, 0.3) is 0 Å². The standard InChI is InChI=1S/C14H11Cl2NO3/c1-9-6-11(16)3-5-13(9)20-14-4-2-10(8-15)7-12(14)17(18)19/h2-7H,8H2,1H3. The second-order valence-electron chi connectivity index (χ2n) is 4.20. The van der Waals surface area contributed by atoms with Gasteiger partial charge >= 0.3 is 5.69 Å². The summed E-state index contributed by atoms with van der Waals surface area (Å²) in [5.41, 5.74) is 1.35. The van der Waals surface area contributed by atoms with Crippen molar-refractivity contribution in [2.45, 2.75) is 12.8 Å². The molecule has 2 aromatic rings. The van der Waals surface area contributed by atoms with Crippen LogP contribution in [0.25, 0.3) is 0 Å². The highest BCUT2D eigenvalue weighted by Gasteiger charge is 2.17. The summed E-state index contributed by atoms with van der Waals surface area (Å²) in [5, 5.41) is 11.7. The van der Waals surface area contributed by atoms with Crippen LogP contribution in [0.3, 0.4) is 0 Å². The molecular formula is C14H11Cl2NO3. The van der Waals surface area contributed by atoms with Crippen molar-refractivity contribution in [2.75, 3.05) is 0 Å². The second kappa shape index (κ2) is 6.11. The Morgan fingerprint density at radius 3 is 2.50 bits per heavy atom. The van der Waals surface area contributed by atoms with Crippen LogP contribution in [0.1, 0.15) is 11.1 Å². The number of ether oxygens (including phenoxy) is 1. The quantitative estimate of drug-likeness (QED) is 0.449. The van der Waals surface area contributed by atoms with Crippen molar-refractivity contribution in [3.63, 3.8) is 0 Å². The van der Waals surface area contributed by atoms with Gasteiger partial charge in [-0.1, -0.05) is 17.7 Å². The van der Waals surface area contributed by atoms with Crippen LogP contribution in [0.5, 0.6) is 11.5 Å². The van der Waals surface area contributed by atoms with Gasteiger partial charge in [-0.3, -0.25) is 10.1 Å². The minimum Gasteiger partial charge on any atom is -0.450 e. The number of nitrogens with zero attached hydrogens (tertiary/aromatic N) is 1. The van der Waals surface area contributed by atoms with Gasteiger partial charge in [0.15, 0.2) is 0 Å². The molecule has 0 spiro atoms. The van der Waals surface area contributed by atoms with Crippen LogP contribution in [-0.2, 0) is 5.88 Å². The van der Waals surface area contributed by atoms with Crippen LogP contribution in [0.4, 0.5) is 5.69 Å². The van der Waals surface area contributed by atoms with E-state index in [1.54, 1.807) is 30.3 Å². The predicted molar refractivity (Wildman–Crippen MR) is 78.9 cm³/mol. The first kappa shape index (κ1) is 14.6. The number of benzene rings is 2. The van der Waals surface area contributed by atoms with Gasteiger partial charge in [0.1, 0.15) is 5.75 Å². The zero-order valence-corrected chi connectivity index (χ0v) is 12.1. The largest absolute Gasteiger partial charge is 0.450 e. The maximum atomic E-state index is 11.1. The fourth-order valence-electron chi connectivity index (χ4n) is 1.72. The Bertz CT molecular complexity index is 659. The van der Waals surface area contributed by atoms with E-state index in [9.17, 15) is 10.1 Å². The van der Waals surface area contributed by atoms with Crippen LogP contribution in [-0.4, -0.2) is 4.92 Å². The van der Waals surface area contributed by atoms with Gasteiger partial charge in [0.05, 0.1) is 4.92 Å². The number of hydrogen-bond acceptors (Lipinski definition) is 3. The average Bonchev–Trinajstić information content (AvgIpc) is 2.42. The monoisotopic (exact) mass is 311 g/mol. The van der Waals surface area contributed by atoms with E-state index in [1.807, 2.05) is 6.92 Å². The molecule has 0 amide bonds. The van der Waals surface area contributed by atoms with E-state index in [0.29, 0.717) is 16.3 Å². The van der Waals surface area contributed by atoms with Crippen molar-refractivity contribution in [2.24, 2.45) is 0 Å². The molecule has 0 saturated heterocycles. The molecule has 0 fully saturated rings. The van der Waals surface area contributed by atoms with E-state index in [4.69, 9.17) is 27.9 Å². The number of halogens is 2. The molecule has 0 atom stereocenters. The second-order valence-corrected chi connectivity index (χ2v) is 4.91. The third-order valence-corrected chi connectivity index (χ3v) is 3.27. The molecule has 0 unspecified atom stereocenters. The summed E-state index contributed by atoms with van der Waals surface area (Å²) >= 11 is 11.5. The lowest BCUT2D eigenvalue weighted by Crippen LogP contribution is -1.95. The molecule has 4 nitrogen and oxygen atoms in total. The molecule has 20 heavy (non-hydrogen) atoms. The SMILES string of the molecule is Cc1cc(Cl)ccc1Oc1ccc(CCl)cc1[N+](=O)[O-]. The number of nitro groups is 1. The van der Waals surface area contributed by atoms with Crippen LogP contribution in [0.15, 0.2) is 36.4 Å². The Kier molecular flexibility index (Phi) is 4.47. The van der Waals surface area contributed by atoms with Crippen molar-refractivity contribution < 1.29 is 9.66 Å². The Morgan fingerprint density at radius 1 is 1.20 bits per heavy atom. The van der Waals surface area contributed by atoms with E-state index in [2.05, 4.69) is 0 Å². The Balaban J connectivity index is 2.40.